The van der Waals surface area contributed by atoms with Gasteiger partial charge in [-0.1, -0.05) is 49.4 Å². The highest BCUT2D eigenvalue weighted by Gasteiger charge is 2.17. The van der Waals surface area contributed by atoms with Gasteiger partial charge in [-0.2, -0.15) is 17.0 Å². The summed E-state index contributed by atoms with van der Waals surface area (Å²) in [5.41, 5.74) is 4.03. The first-order valence-corrected chi connectivity index (χ1v) is 13.5. The molecule has 0 saturated carbocycles. The molecule has 0 spiro atoms. The Bertz CT molecular complexity index is 1080. The van der Waals surface area contributed by atoms with Crippen LogP contribution < -0.4 is 0 Å². The van der Waals surface area contributed by atoms with E-state index in [0.29, 0.717) is 12.2 Å². The summed E-state index contributed by atoms with van der Waals surface area (Å²) in [4.78, 5) is 20.4. The lowest BCUT2D eigenvalue weighted by Crippen LogP contribution is -2.09. The van der Waals surface area contributed by atoms with E-state index in [4.69, 9.17) is 9.72 Å². The third-order valence-electron chi connectivity index (χ3n) is 4.65. The number of benzene rings is 1. The van der Waals surface area contributed by atoms with Crippen molar-refractivity contribution in [1.29, 1.82) is 5.26 Å². The minimum absolute atomic E-state index is 0.0881. The van der Waals surface area contributed by atoms with Crippen LogP contribution in [0, 0.1) is 11.3 Å². The maximum Gasteiger partial charge on any atom is 0.331 e. The van der Waals surface area contributed by atoms with Crippen LogP contribution in [0.5, 0.6) is 0 Å². The van der Waals surface area contributed by atoms with E-state index in [9.17, 15) is 10.1 Å². The van der Waals surface area contributed by atoms with E-state index in [0.717, 1.165) is 43.3 Å². The normalized spacial score (nSPS) is 10.7. The Morgan fingerprint density at radius 3 is 2.76 bits per heavy atom. The number of nitriles is 1. The molecule has 9 heteroatoms. The number of carbonyl (C=O) groups is 1. The van der Waals surface area contributed by atoms with Crippen molar-refractivity contribution in [3.63, 3.8) is 0 Å². The van der Waals surface area contributed by atoms with Crippen LogP contribution in [0.1, 0.15) is 30.9 Å². The van der Waals surface area contributed by atoms with Gasteiger partial charge in [0.15, 0.2) is 0 Å². The standard InChI is InChI=1S/C24H25N3O3S3/c1-3-4-10-31-16-33-23-20(13-25)19(12-21(27-23)24-26-9-11-32-24)18-7-5-17(6-8-18)14-30-15-22(28)29-2/h5-9,11-12H,3-4,10,14-16H2,1-2H3. The molecular formula is C24H25N3O3S3. The number of thioether (sulfide) groups is 2. The summed E-state index contributed by atoms with van der Waals surface area (Å²) in [6.45, 7) is 2.40. The Morgan fingerprint density at radius 1 is 1.27 bits per heavy atom. The lowest BCUT2D eigenvalue weighted by molar-refractivity contribution is -0.146. The number of hydrogen-bond acceptors (Lipinski definition) is 9. The third kappa shape index (κ3) is 7.30. The van der Waals surface area contributed by atoms with Gasteiger partial charge in [0.1, 0.15) is 28.4 Å². The number of ether oxygens (including phenoxy) is 2. The van der Waals surface area contributed by atoms with Crippen molar-refractivity contribution in [2.24, 2.45) is 0 Å². The highest BCUT2D eigenvalue weighted by molar-refractivity contribution is 8.16. The molecule has 0 fully saturated rings. The average molecular weight is 500 g/mol. The molecule has 3 rings (SSSR count). The largest absolute Gasteiger partial charge is 0.467 e. The van der Waals surface area contributed by atoms with Crippen molar-refractivity contribution in [2.45, 2.75) is 31.4 Å². The van der Waals surface area contributed by atoms with Crippen molar-refractivity contribution < 1.29 is 14.3 Å². The summed E-state index contributed by atoms with van der Waals surface area (Å²) in [7, 11) is 1.33. The lowest BCUT2D eigenvalue weighted by Gasteiger charge is -2.12. The van der Waals surface area contributed by atoms with Gasteiger partial charge in [-0.3, -0.25) is 0 Å². The molecule has 0 saturated heterocycles. The second kappa shape index (κ2) is 13.4. The van der Waals surface area contributed by atoms with Gasteiger partial charge in [-0.05, 0) is 29.4 Å². The quantitative estimate of drug-likeness (QED) is 0.129. The van der Waals surface area contributed by atoms with E-state index < -0.39 is 5.97 Å². The Hall–Kier alpha value is -2.38. The molecule has 0 amide bonds. The Labute approximate surface area is 206 Å². The number of esters is 1. The van der Waals surface area contributed by atoms with Gasteiger partial charge in [0.25, 0.3) is 0 Å². The fourth-order valence-electron chi connectivity index (χ4n) is 2.92. The van der Waals surface area contributed by atoms with Crippen LogP contribution in [0.4, 0.5) is 0 Å². The molecule has 172 valence electrons. The van der Waals surface area contributed by atoms with E-state index in [1.54, 1.807) is 18.0 Å². The van der Waals surface area contributed by atoms with Crippen LogP contribution in [-0.4, -0.2) is 40.5 Å². The van der Waals surface area contributed by atoms with E-state index in [-0.39, 0.29) is 6.61 Å². The molecule has 2 aromatic heterocycles. The number of rotatable bonds is 12. The molecule has 33 heavy (non-hydrogen) atoms. The number of unbranched alkanes of at least 4 members (excludes halogenated alkanes) is 1. The number of nitrogens with zero attached hydrogens (tertiary/aromatic N) is 3. The zero-order valence-electron chi connectivity index (χ0n) is 18.6. The van der Waals surface area contributed by atoms with E-state index in [2.05, 4.69) is 22.7 Å². The minimum Gasteiger partial charge on any atom is -0.467 e. The maximum atomic E-state index is 11.2. The molecule has 0 aliphatic carbocycles. The SMILES string of the molecule is CCCCSCSc1nc(-c2nccs2)cc(-c2ccc(COCC(=O)OC)cc2)c1C#N. The summed E-state index contributed by atoms with van der Waals surface area (Å²) in [5, 5.41) is 14.3. The third-order valence-corrected chi connectivity index (χ3v) is 7.73. The summed E-state index contributed by atoms with van der Waals surface area (Å²) < 4.78 is 9.96. The smallest absolute Gasteiger partial charge is 0.331 e. The molecule has 0 atom stereocenters. The van der Waals surface area contributed by atoms with Gasteiger partial charge in [0.2, 0.25) is 0 Å². The predicted molar refractivity (Wildman–Crippen MR) is 135 cm³/mol. The van der Waals surface area contributed by atoms with Crippen molar-refractivity contribution in [2.75, 3.05) is 24.6 Å². The molecule has 0 N–H and O–H groups in total. The van der Waals surface area contributed by atoms with E-state index in [1.807, 2.05) is 47.5 Å². The van der Waals surface area contributed by atoms with E-state index >= 15 is 0 Å². The fraction of sp³-hybridized carbons (Fsp3) is 0.333. The van der Waals surface area contributed by atoms with Crippen molar-refractivity contribution in [3.05, 3.63) is 53.0 Å². The first kappa shape index (κ1) is 25.2. The molecule has 1 aromatic carbocycles. The first-order chi connectivity index (χ1) is 16.2. The highest BCUT2D eigenvalue weighted by Crippen LogP contribution is 2.36. The zero-order chi connectivity index (χ0) is 23.5. The molecule has 3 aromatic rings. The fourth-order valence-corrected chi connectivity index (χ4v) is 5.72. The molecule has 0 bridgehead atoms. The first-order valence-electron chi connectivity index (χ1n) is 10.5. The van der Waals surface area contributed by atoms with Gasteiger partial charge >= 0.3 is 5.97 Å². The highest BCUT2D eigenvalue weighted by atomic mass is 32.2. The summed E-state index contributed by atoms with van der Waals surface area (Å²) in [6, 6.07) is 12.1. The van der Waals surface area contributed by atoms with Gasteiger partial charge in [-0.15, -0.1) is 11.3 Å². The van der Waals surface area contributed by atoms with Gasteiger partial charge < -0.3 is 9.47 Å². The summed E-state index contributed by atoms with van der Waals surface area (Å²) >= 11 is 4.99. The van der Waals surface area contributed by atoms with Crippen molar-refractivity contribution in [3.8, 4) is 27.9 Å². The van der Waals surface area contributed by atoms with Gasteiger partial charge in [0, 0.05) is 22.2 Å². The number of pyridine rings is 1. The summed E-state index contributed by atoms with van der Waals surface area (Å²) in [5.74, 6) is 0.693. The molecule has 0 unspecified atom stereocenters. The lowest BCUT2D eigenvalue weighted by atomic mass is 10.00. The second-order valence-corrected chi connectivity index (χ2v) is 10.3. The predicted octanol–water partition coefficient (Wildman–Crippen LogP) is 6.02. The maximum absolute atomic E-state index is 11.2. The van der Waals surface area contributed by atoms with Crippen molar-refractivity contribution >= 4 is 40.8 Å². The molecular weight excluding hydrogens is 474 g/mol. The van der Waals surface area contributed by atoms with E-state index in [1.165, 1.54) is 31.3 Å². The number of hydrogen-bond donors (Lipinski definition) is 0. The molecule has 6 nitrogen and oxygen atoms in total. The van der Waals surface area contributed by atoms with Crippen LogP contribution in [0.15, 0.2) is 46.9 Å². The average Bonchev–Trinajstić information content (AvgIpc) is 3.39. The van der Waals surface area contributed by atoms with Crippen LogP contribution in [0.25, 0.3) is 21.8 Å². The number of aromatic nitrogens is 2. The number of thiazole rings is 1. The zero-order valence-corrected chi connectivity index (χ0v) is 21.0. The monoisotopic (exact) mass is 499 g/mol. The van der Waals surface area contributed by atoms with Gasteiger partial charge in [-0.25, -0.2) is 14.8 Å². The topological polar surface area (TPSA) is 85.1 Å². The molecule has 2 heterocycles. The Balaban J connectivity index is 1.86. The minimum atomic E-state index is -0.408. The number of carbonyl (C=O) groups excluding carboxylic acids is 1. The van der Waals surface area contributed by atoms with Crippen LogP contribution in [0.2, 0.25) is 0 Å². The second-order valence-electron chi connectivity index (χ2n) is 6.97. The Morgan fingerprint density at radius 2 is 2.09 bits per heavy atom. The number of methoxy groups -OCH3 is 1. The van der Waals surface area contributed by atoms with Crippen LogP contribution in [0.3, 0.4) is 0 Å². The van der Waals surface area contributed by atoms with Crippen LogP contribution in [-0.2, 0) is 20.9 Å². The summed E-state index contributed by atoms with van der Waals surface area (Å²) in [6.07, 6.45) is 4.12. The van der Waals surface area contributed by atoms with Gasteiger partial charge in [0.05, 0.1) is 19.3 Å². The van der Waals surface area contributed by atoms with Crippen molar-refractivity contribution in [1.82, 2.24) is 9.97 Å². The molecule has 0 radical (unpaired) electrons. The van der Waals surface area contributed by atoms with Crippen LogP contribution >= 0.6 is 34.9 Å². The Kier molecular flexibility index (Phi) is 10.2. The molecule has 0 aliphatic rings. The molecule has 0 aliphatic heterocycles.